The summed E-state index contributed by atoms with van der Waals surface area (Å²) in [6.45, 7) is 4.06. The second-order valence-electron chi connectivity index (χ2n) is 7.22. The van der Waals surface area contributed by atoms with Crippen LogP contribution in [0.15, 0.2) is 23.9 Å². The molecule has 3 unspecified atom stereocenters. The Bertz CT molecular complexity index is 390. The third kappa shape index (κ3) is 7.07. The Morgan fingerprint density at radius 1 is 0.720 bits per heavy atom. The quantitative estimate of drug-likeness (QED) is 0.552. The Hall–Kier alpha value is -0.321. The second-order valence-corrected chi connectivity index (χ2v) is 7.22. The monoisotopic (exact) mass is 391 g/mol. The molecule has 4 aliphatic rings. The van der Waals surface area contributed by atoms with Crippen LogP contribution in [0.4, 0.5) is 0 Å². The summed E-state index contributed by atoms with van der Waals surface area (Å²) in [7, 11) is 0. The number of allylic oxidation sites excluding steroid dienone is 2. The molecule has 4 rings (SSSR count). The molecule has 0 N–H and O–H groups in total. The van der Waals surface area contributed by atoms with Crippen molar-refractivity contribution in [3.05, 3.63) is 45.2 Å². The summed E-state index contributed by atoms with van der Waals surface area (Å²) in [6.07, 6.45) is 18.0. The van der Waals surface area contributed by atoms with Gasteiger partial charge in [0.05, 0.1) is 0 Å². The van der Waals surface area contributed by atoms with E-state index >= 15 is 0 Å². The molecule has 0 aromatic rings. The van der Waals surface area contributed by atoms with Crippen molar-refractivity contribution in [3.63, 3.8) is 0 Å². The minimum Gasteiger partial charge on any atom is -0.686 e. The van der Waals surface area contributed by atoms with Gasteiger partial charge in [-0.3, -0.25) is 0 Å². The Balaban J connectivity index is 0.000000173. The van der Waals surface area contributed by atoms with Gasteiger partial charge in [0.1, 0.15) is 0 Å². The molecule has 4 nitrogen and oxygen atoms in total. The Kier molecular flexibility index (Phi) is 10.2. The van der Waals surface area contributed by atoms with Crippen molar-refractivity contribution in [2.45, 2.75) is 75.9 Å². The summed E-state index contributed by atoms with van der Waals surface area (Å²) in [5, 5.41) is 18.3. The first-order chi connectivity index (χ1) is 11.9. The van der Waals surface area contributed by atoms with E-state index in [1.165, 1.54) is 63.5 Å². The van der Waals surface area contributed by atoms with Gasteiger partial charge in [0.25, 0.3) is 0 Å². The van der Waals surface area contributed by atoms with Crippen molar-refractivity contribution in [2.24, 2.45) is 0 Å². The van der Waals surface area contributed by atoms with Crippen LogP contribution in [0, 0.1) is 0 Å². The van der Waals surface area contributed by atoms with Crippen LogP contribution in [-0.2, 0) is 17.1 Å². The predicted octanol–water partition coefficient (Wildman–Crippen LogP) is 5.58. The molecule has 0 saturated carbocycles. The number of piperidine rings is 3. The van der Waals surface area contributed by atoms with Gasteiger partial charge in [0.15, 0.2) is 0 Å². The number of hydrogen-bond acceptors (Lipinski definition) is 0. The van der Waals surface area contributed by atoms with Crippen molar-refractivity contribution in [1.29, 1.82) is 0 Å². The van der Waals surface area contributed by atoms with Crippen molar-refractivity contribution in [2.75, 3.05) is 26.2 Å². The van der Waals surface area contributed by atoms with Gasteiger partial charge >= 0.3 is 17.1 Å². The molecule has 4 heterocycles. The molecule has 0 spiro atoms. The van der Waals surface area contributed by atoms with Gasteiger partial charge in [-0.2, -0.15) is 17.8 Å². The molecule has 25 heavy (non-hydrogen) atoms. The van der Waals surface area contributed by atoms with Crippen molar-refractivity contribution < 1.29 is 17.1 Å². The van der Waals surface area contributed by atoms with Gasteiger partial charge < -0.3 is 21.3 Å². The maximum atomic E-state index is 4.66. The summed E-state index contributed by atoms with van der Waals surface area (Å²) in [5.41, 5.74) is 1.19. The van der Waals surface area contributed by atoms with Gasteiger partial charge in [-0.15, -0.1) is 38.3 Å². The van der Waals surface area contributed by atoms with E-state index in [4.69, 9.17) is 0 Å². The Morgan fingerprint density at radius 3 is 1.76 bits per heavy atom. The van der Waals surface area contributed by atoms with E-state index in [0.717, 1.165) is 26.2 Å². The van der Waals surface area contributed by atoms with Gasteiger partial charge in [-0.05, 0) is 0 Å². The van der Waals surface area contributed by atoms with Crippen LogP contribution >= 0.6 is 0 Å². The molecule has 5 heteroatoms. The molecule has 1 radical (unpaired) electrons. The van der Waals surface area contributed by atoms with Gasteiger partial charge in [0, 0.05) is 0 Å². The van der Waals surface area contributed by atoms with Crippen molar-refractivity contribution >= 4 is 0 Å². The number of rotatable bonds is 2. The average molecular weight is 392 g/mol. The fourth-order valence-electron chi connectivity index (χ4n) is 3.94. The molecule has 3 atom stereocenters. The molecular formula is C20H32CuN4-2. The van der Waals surface area contributed by atoms with Crippen LogP contribution < -0.4 is 0 Å². The maximum absolute atomic E-state index is 4.66. The minimum atomic E-state index is 0. The minimum absolute atomic E-state index is 0. The van der Waals surface area contributed by atoms with Crippen LogP contribution in [-0.4, -0.2) is 44.3 Å². The number of nitrogens with zero attached hydrogens (tertiary/aromatic N) is 4. The molecule has 4 aliphatic heterocycles. The molecular weight excluding hydrogens is 360 g/mol. The summed E-state index contributed by atoms with van der Waals surface area (Å²) in [6, 6.07) is 1.60. The van der Waals surface area contributed by atoms with E-state index in [-0.39, 0.29) is 17.1 Å². The molecule has 0 aromatic heterocycles. The molecule has 3 fully saturated rings. The average Bonchev–Trinajstić information content (AvgIpc) is 2.71. The Morgan fingerprint density at radius 2 is 1.32 bits per heavy atom. The number of hydrogen-bond donors (Lipinski definition) is 0. The topological polar surface area (TPSA) is 56.4 Å². The maximum Gasteiger partial charge on any atom is 2.00 e. The van der Waals surface area contributed by atoms with E-state index in [2.05, 4.69) is 39.5 Å². The zero-order valence-corrected chi connectivity index (χ0v) is 16.2. The van der Waals surface area contributed by atoms with Crippen LogP contribution in [0.5, 0.6) is 0 Å². The van der Waals surface area contributed by atoms with Crippen LogP contribution in [0.1, 0.15) is 57.8 Å². The molecule has 0 aromatic carbocycles. The summed E-state index contributed by atoms with van der Waals surface area (Å²) < 4.78 is 0. The van der Waals surface area contributed by atoms with Crippen molar-refractivity contribution in [1.82, 2.24) is 0 Å². The first kappa shape index (κ1) is 21.0. The Labute approximate surface area is 164 Å². The van der Waals surface area contributed by atoms with E-state index in [9.17, 15) is 0 Å². The third-order valence-electron chi connectivity index (χ3n) is 5.35. The summed E-state index contributed by atoms with van der Waals surface area (Å²) in [4.78, 5) is 0. The summed E-state index contributed by atoms with van der Waals surface area (Å²) in [5.74, 6) is 0. The molecule has 0 amide bonds. The molecule has 145 valence electrons. The van der Waals surface area contributed by atoms with E-state index in [1.807, 2.05) is 0 Å². The van der Waals surface area contributed by atoms with Gasteiger partial charge in [0.2, 0.25) is 0 Å². The first-order valence-corrected chi connectivity index (χ1v) is 9.97. The third-order valence-corrected chi connectivity index (χ3v) is 5.35. The first-order valence-electron chi connectivity index (χ1n) is 9.97. The zero-order chi connectivity index (χ0) is 16.5. The smallest absolute Gasteiger partial charge is 0.686 e. The predicted molar refractivity (Wildman–Crippen MR) is 103 cm³/mol. The summed E-state index contributed by atoms with van der Waals surface area (Å²) >= 11 is 0. The van der Waals surface area contributed by atoms with E-state index < -0.39 is 0 Å². The van der Waals surface area contributed by atoms with Crippen LogP contribution in [0.2, 0.25) is 0 Å². The van der Waals surface area contributed by atoms with Gasteiger partial charge in [-0.25, -0.2) is 0 Å². The second kappa shape index (κ2) is 12.1. The van der Waals surface area contributed by atoms with Crippen LogP contribution in [0.3, 0.4) is 0 Å². The SMILES string of the molecule is C1=CC[N-]C(C2CCCC[N-]2)=C1.C1CCC(C2CCCC[N-]2)[N-]C1.[Cu+2]. The normalized spacial score (nSPS) is 32.3. The largest absolute Gasteiger partial charge is 2.00 e. The van der Waals surface area contributed by atoms with E-state index in [0.29, 0.717) is 18.1 Å². The van der Waals surface area contributed by atoms with Crippen LogP contribution in [0.25, 0.3) is 21.3 Å². The fraction of sp³-hybridized carbons (Fsp3) is 0.800. The van der Waals surface area contributed by atoms with E-state index in [1.54, 1.807) is 0 Å². The standard InChI is InChI=1S/C10H18N2.C10H14N2.Cu/c2*1-3-7-11-9(5-1)10-6-2-4-8-12-10;/h9-10H,1-8H2;1,3,5,10H,2,4,6-8H2;/q2*-2;+2. The molecule has 0 bridgehead atoms. The fourth-order valence-corrected chi connectivity index (χ4v) is 3.94. The molecule has 3 saturated heterocycles. The van der Waals surface area contributed by atoms with Crippen molar-refractivity contribution in [3.8, 4) is 0 Å². The molecule has 0 aliphatic carbocycles. The zero-order valence-electron chi connectivity index (χ0n) is 15.2. The van der Waals surface area contributed by atoms with Gasteiger partial charge in [-0.1, -0.05) is 69.9 Å².